The number of rotatable bonds is 4. The van der Waals surface area contributed by atoms with E-state index in [2.05, 4.69) is 15.6 Å². The van der Waals surface area contributed by atoms with Crippen molar-refractivity contribution in [2.24, 2.45) is 7.05 Å². The van der Waals surface area contributed by atoms with Crippen LogP contribution in [0.2, 0.25) is 0 Å². The highest BCUT2D eigenvalue weighted by atomic mass is 19.1. The smallest absolute Gasteiger partial charge is 0.258 e. The number of nitrogens with one attached hydrogen (secondary N) is 2. The van der Waals surface area contributed by atoms with E-state index in [1.165, 1.54) is 12.1 Å². The summed E-state index contributed by atoms with van der Waals surface area (Å²) in [5.41, 5.74) is 4.96. The number of hydrogen-bond acceptors (Lipinski definition) is 3. The lowest BCUT2D eigenvalue weighted by atomic mass is 10.00. The zero-order valence-corrected chi connectivity index (χ0v) is 16.8. The van der Waals surface area contributed by atoms with Gasteiger partial charge in [0, 0.05) is 36.3 Å². The SMILES string of the molecule is Cn1ccnc1-c1ccc(NC(=C2C(=O)Nc3cc(F)ccc32)c2ccccc2)cc1. The molecular formula is C25H19FN4O. The first kappa shape index (κ1) is 18.8. The van der Waals surface area contributed by atoms with E-state index in [-0.39, 0.29) is 11.7 Å². The lowest BCUT2D eigenvalue weighted by Gasteiger charge is -2.15. The molecular weight excluding hydrogens is 391 g/mol. The topological polar surface area (TPSA) is 59.0 Å². The third-order valence-electron chi connectivity index (χ3n) is 5.27. The highest BCUT2D eigenvalue weighted by Crippen LogP contribution is 2.38. The summed E-state index contributed by atoms with van der Waals surface area (Å²) in [5.74, 6) is 0.218. The average molecular weight is 410 g/mol. The Morgan fingerprint density at radius 3 is 2.52 bits per heavy atom. The van der Waals surface area contributed by atoms with Crippen molar-refractivity contribution in [1.29, 1.82) is 0 Å². The Kier molecular flexibility index (Phi) is 4.59. The van der Waals surface area contributed by atoms with Gasteiger partial charge in [0.1, 0.15) is 11.6 Å². The average Bonchev–Trinajstić information content (AvgIpc) is 3.35. The number of aryl methyl sites for hydroxylation is 1. The van der Waals surface area contributed by atoms with Crippen molar-refractivity contribution in [2.45, 2.75) is 0 Å². The van der Waals surface area contributed by atoms with Crippen molar-refractivity contribution in [1.82, 2.24) is 9.55 Å². The number of aromatic nitrogens is 2. The molecule has 0 saturated carbocycles. The number of benzene rings is 3. The molecule has 0 saturated heterocycles. The van der Waals surface area contributed by atoms with Crippen LogP contribution in [0.5, 0.6) is 0 Å². The molecule has 0 fully saturated rings. The van der Waals surface area contributed by atoms with Crippen molar-refractivity contribution in [3.63, 3.8) is 0 Å². The molecule has 152 valence electrons. The molecule has 2 N–H and O–H groups in total. The molecule has 0 atom stereocenters. The van der Waals surface area contributed by atoms with Gasteiger partial charge in [0.15, 0.2) is 0 Å². The fourth-order valence-corrected chi connectivity index (χ4v) is 3.77. The van der Waals surface area contributed by atoms with E-state index in [0.29, 0.717) is 22.5 Å². The van der Waals surface area contributed by atoms with Gasteiger partial charge in [0.25, 0.3) is 5.91 Å². The molecule has 4 aromatic rings. The fourth-order valence-electron chi connectivity index (χ4n) is 3.77. The van der Waals surface area contributed by atoms with Crippen LogP contribution >= 0.6 is 0 Å². The third-order valence-corrected chi connectivity index (χ3v) is 5.27. The van der Waals surface area contributed by atoms with Gasteiger partial charge in [-0.25, -0.2) is 9.37 Å². The Hall–Kier alpha value is -4.19. The van der Waals surface area contributed by atoms with E-state index >= 15 is 0 Å². The summed E-state index contributed by atoms with van der Waals surface area (Å²) in [4.78, 5) is 17.2. The largest absolute Gasteiger partial charge is 0.354 e. The molecule has 5 rings (SSSR count). The predicted octanol–water partition coefficient (Wildman–Crippen LogP) is 5.16. The molecule has 2 heterocycles. The molecule has 0 spiro atoms. The fraction of sp³-hybridized carbons (Fsp3) is 0.0400. The molecule has 31 heavy (non-hydrogen) atoms. The predicted molar refractivity (Wildman–Crippen MR) is 121 cm³/mol. The Morgan fingerprint density at radius 1 is 1.03 bits per heavy atom. The van der Waals surface area contributed by atoms with Crippen LogP contribution in [0.15, 0.2) is 85.2 Å². The van der Waals surface area contributed by atoms with Gasteiger partial charge >= 0.3 is 0 Å². The highest BCUT2D eigenvalue weighted by Gasteiger charge is 2.28. The zero-order chi connectivity index (χ0) is 21.4. The monoisotopic (exact) mass is 410 g/mol. The highest BCUT2D eigenvalue weighted by molar-refractivity contribution is 6.37. The van der Waals surface area contributed by atoms with Gasteiger partial charge in [0.2, 0.25) is 0 Å². The lowest BCUT2D eigenvalue weighted by molar-refractivity contribution is -0.110. The van der Waals surface area contributed by atoms with E-state index in [0.717, 1.165) is 22.6 Å². The summed E-state index contributed by atoms with van der Waals surface area (Å²) in [6, 6.07) is 21.8. The number of hydrogen-bond donors (Lipinski definition) is 2. The van der Waals surface area contributed by atoms with Crippen molar-refractivity contribution >= 4 is 28.6 Å². The van der Waals surface area contributed by atoms with Crippen LogP contribution in [0.25, 0.3) is 22.7 Å². The van der Waals surface area contributed by atoms with E-state index in [1.807, 2.05) is 72.4 Å². The summed E-state index contributed by atoms with van der Waals surface area (Å²) in [6.07, 6.45) is 3.66. The third kappa shape index (κ3) is 3.48. The number of fused-ring (bicyclic) bond motifs is 1. The molecule has 0 bridgehead atoms. The number of carbonyl (C=O) groups excluding carboxylic acids is 1. The maximum Gasteiger partial charge on any atom is 0.258 e. The molecule has 5 nitrogen and oxygen atoms in total. The van der Waals surface area contributed by atoms with E-state index in [4.69, 9.17) is 0 Å². The number of anilines is 2. The van der Waals surface area contributed by atoms with Crippen LogP contribution in [0, 0.1) is 5.82 Å². The second-order valence-electron chi connectivity index (χ2n) is 7.32. The molecule has 1 aliphatic rings. The van der Waals surface area contributed by atoms with Crippen LogP contribution in [0.4, 0.5) is 15.8 Å². The van der Waals surface area contributed by atoms with E-state index < -0.39 is 0 Å². The van der Waals surface area contributed by atoms with Crippen molar-refractivity contribution in [3.8, 4) is 11.4 Å². The number of imidazole rings is 1. The summed E-state index contributed by atoms with van der Waals surface area (Å²) >= 11 is 0. The van der Waals surface area contributed by atoms with Gasteiger partial charge in [-0.3, -0.25) is 4.79 Å². The van der Waals surface area contributed by atoms with Gasteiger partial charge in [0.05, 0.1) is 17.0 Å². The second kappa shape index (κ2) is 7.57. The molecule has 0 unspecified atom stereocenters. The maximum atomic E-state index is 13.7. The standard InChI is InChI=1S/C25H19FN4O/c1-30-14-13-27-24(30)17-7-10-19(11-8-17)28-23(16-5-3-2-4-6-16)22-20-12-9-18(26)15-21(20)29-25(22)31/h2-15,28H,1H3,(H,29,31). The van der Waals surface area contributed by atoms with Crippen LogP contribution in [0.3, 0.4) is 0 Å². The van der Waals surface area contributed by atoms with Gasteiger partial charge in [-0.15, -0.1) is 0 Å². The summed E-state index contributed by atoms with van der Waals surface area (Å²) < 4.78 is 15.6. The number of amides is 1. The summed E-state index contributed by atoms with van der Waals surface area (Å²) in [5, 5.41) is 6.18. The minimum atomic E-state index is -0.389. The van der Waals surface area contributed by atoms with Gasteiger partial charge in [-0.2, -0.15) is 0 Å². The molecule has 1 aliphatic heterocycles. The summed E-state index contributed by atoms with van der Waals surface area (Å²) in [7, 11) is 1.95. The van der Waals surface area contributed by atoms with Gasteiger partial charge in [-0.1, -0.05) is 30.3 Å². The quantitative estimate of drug-likeness (QED) is 0.457. The van der Waals surface area contributed by atoms with Gasteiger partial charge in [-0.05, 0) is 48.0 Å². The Morgan fingerprint density at radius 2 is 1.81 bits per heavy atom. The minimum absolute atomic E-state index is 0.267. The minimum Gasteiger partial charge on any atom is -0.354 e. The lowest BCUT2D eigenvalue weighted by Crippen LogP contribution is -2.10. The van der Waals surface area contributed by atoms with E-state index in [9.17, 15) is 9.18 Å². The van der Waals surface area contributed by atoms with Crippen molar-refractivity contribution < 1.29 is 9.18 Å². The Bertz CT molecular complexity index is 1310. The van der Waals surface area contributed by atoms with Crippen LogP contribution in [-0.2, 0) is 11.8 Å². The van der Waals surface area contributed by atoms with E-state index in [1.54, 1.807) is 12.3 Å². The molecule has 1 aromatic heterocycles. The molecule has 1 amide bonds. The first-order valence-corrected chi connectivity index (χ1v) is 9.86. The second-order valence-corrected chi connectivity index (χ2v) is 7.32. The number of nitrogens with zero attached hydrogens (tertiary/aromatic N) is 2. The normalized spacial score (nSPS) is 14.2. The Balaban J connectivity index is 1.59. The first-order chi connectivity index (χ1) is 15.1. The maximum absolute atomic E-state index is 13.7. The molecule has 3 aromatic carbocycles. The van der Waals surface area contributed by atoms with Crippen molar-refractivity contribution in [3.05, 3.63) is 102 Å². The Labute approximate surface area is 178 Å². The van der Waals surface area contributed by atoms with Crippen LogP contribution < -0.4 is 10.6 Å². The zero-order valence-electron chi connectivity index (χ0n) is 16.8. The van der Waals surface area contributed by atoms with Gasteiger partial charge < -0.3 is 15.2 Å². The summed E-state index contributed by atoms with van der Waals surface area (Å²) in [6.45, 7) is 0. The van der Waals surface area contributed by atoms with Crippen LogP contribution in [-0.4, -0.2) is 15.5 Å². The number of carbonyl (C=O) groups is 1. The van der Waals surface area contributed by atoms with Crippen LogP contribution in [0.1, 0.15) is 11.1 Å². The molecule has 6 heteroatoms. The van der Waals surface area contributed by atoms with Crippen molar-refractivity contribution in [2.75, 3.05) is 10.6 Å². The first-order valence-electron chi connectivity index (χ1n) is 9.86. The molecule has 0 radical (unpaired) electrons. The number of halogens is 1. The molecule has 0 aliphatic carbocycles.